The lowest BCUT2D eigenvalue weighted by atomic mass is 9.53. The van der Waals surface area contributed by atoms with E-state index in [-0.39, 0.29) is 41.9 Å². The molecule has 8 rings (SSSR count). The second kappa shape index (κ2) is 13.0. The van der Waals surface area contributed by atoms with Crippen molar-refractivity contribution in [3.63, 3.8) is 0 Å². The lowest BCUT2D eigenvalue weighted by Crippen LogP contribution is -2.60. The van der Waals surface area contributed by atoms with Gasteiger partial charge in [0.05, 0.1) is 24.4 Å². The van der Waals surface area contributed by atoms with Crippen LogP contribution < -0.4 is 10.6 Å². The molecule has 9 heteroatoms. The van der Waals surface area contributed by atoms with E-state index in [0.717, 1.165) is 53.7 Å². The Morgan fingerprint density at radius 3 is 2.13 bits per heavy atom. The van der Waals surface area contributed by atoms with Gasteiger partial charge in [0, 0.05) is 33.4 Å². The van der Waals surface area contributed by atoms with Gasteiger partial charge in [-0.15, -0.1) is 11.8 Å². The van der Waals surface area contributed by atoms with Gasteiger partial charge in [-0.2, -0.15) is 0 Å². The summed E-state index contributed by atoms with van der Waals surface area (Å²) >= 11 is 1.47. The molecule has 0 spiro atoms. The predicted octanol–water partition coefficient (Wildman–Crippen LogP) is 7.55. The fraction of sp³-hybridized carbons (Fsp3) is 0.459. The van der Waals surface area contributed by atoms with Crippen LogP contribution in [0.1, 0.15) is 84.9 Å². The van der Waals surface area contributed by atoms with Gasteiger partial charge in [0.25, 0.3) is 0 Å². The molecule has 1 aliphatic heterocycles. The number of carbonyl (C=O) groups excluding carboxylic acids is 1. The molecule has 4 atom stereocenters. The molecule has 3 aromatic rings. The zero-order valence-corrected chi connectivity index (χ0v) is 26.9. The third-order valence-corrected chi connectivity index (χ3v) is 11.7. The maximum absolute atomic E-state index is 13.1. The normalized spacial score (nSPS) is 31.4. The Morgan fingerprint density at radius 2 is 1.50 bits per heavy atom. The van der Waals surface area contributed by atoms with E-state index in [2.05, 4.69) is 17.6 Å². The molecule has 2 amide bonds. The summed E-state index contributed by atoms with van der Waals surface area (Å²) in [5.41, 5.74) is 3.57. The number of urea groups is 1. The van der Waals surface area contributed by atoms with E-state index < -0.39 is 12.3 Å². The standard InChI is InChI=1S/C37H42N2O6S/c1-22-31(21-46-32-5-3-2-4-30(32)34(41)42)44-35(45-33(22)27-8-6-23(20-40)7-9-27)28-10-12-29(13-11-28)38-36(43)39-37-17-24-14-25(18-37)16-26(15-24)19-37/h2-13,22,24-26,31,33,35,40H,14-21H2,1H3,(H,41,42)(H2,38,39,43)/t22-,24?,25?,26?,31+,33+,35+,37?/m1/s1. The number of ether oxygens (including phenoxy) is 2. The van der Waals surface area contributed by atoms with E-state index in [1.54, 1.807) is 12.1 Å². The number of hydrogen-bond donors (Lipinski definition) is 4. The van der Waals surface area contributed by atoms with Crippen LogP contribution >= 0.6 is 11.8 Å². The van der Waals surface area contributed by atoms with Gasteiger partial charge in [-0.25, -0.2) is 9.59 Å². The van der Waals surface area contributed by atoms with Crippen LogP contribution in [0, 0.1) is 23.7 Å². The average Bonchev–Trinajstić information content (AvgIpc) is 3.04. The van der Waals surface area contributed by atoms with Crippen LogP contribution in [0.15, 0.2) is 77.7 Å². The summed E-state index contributed by atoms with van der Waals surface area (Å²) in [6, 6.07) is 22.3. The Balaban J connectivity index is 1.05. The highest BCUT2D eigenvalue weighted by atomic mass is 32.2. The van der Waals surface area contributed by atoms with Gasteiger partial charge in [-0.3, -0.25) is 0 Å². The highest BCUT2D eigenvalue weighted by Crippen LogP contribution is 2.55. The molecule has 8 nitrogen and oxygen atoms in total. The molecule has 4 aliphatic carbocycles. The molecule has 0 radical (unpaired) electrons. The third-order valence-electron chi connectivity index (χ3n) is 10.5. The number of hydrogen-bond acceptors (Lipinski definition) is 6. The van der Waals surface area contributed by atoms with Crippen molar-refractivity contribution in [2.24, 2.45) is 23.7 Å². The number of aliphatic hydroxyl groups excluding tert-OH is 1. The van der Waals surface area contributed by atoms with Crippen LogP contribution in [0.3, 0.4) is 0 Å². The van der Waals surface area contributed by atoms with Crippen LogP contribution in [0.4, 0.5) is 10.5 Å². The first kappa shape index (κ1) is 31.2. The molecule has 0 aromatic heterocycles. The number of thioether (sulfide) groups is 1. The lowest BCUT2D eigenvalue weighted by Gasteiger charge is -2.56. The van der Waals surface area contributed by atoms with Gasteiger partial charge < -0.3 is 30.3 Å². The molecule has 1 saturated heterocycles. The molecular weight excluding hydrogens is 600 g/mol. The summed E-state index contributed by atoms with van der Waals surface area (Å²) in [5.74, 6) is 1.83. The average molecular weight is 643 g/mol. The van der Waals surface area contributed by atoms with Gasteiger partial charge in [0.1, 0.15) is 0 Å². The minimum atomic E-state index is -0.955. The number of nitrogens with one attached hydrogen (secondary N) is 2. The smallest absolute Gasteiger partial charge is 0.336 e. The van der Waals surface area contributed by atoms with Crippen molar-refractivity contribution in [2.45, 2.75) is 81.0 Å². The Bertz CT molecular complexity index is 1530. The number of aliphatic hydroxyl groups is 1. The van der Waals surface area contributed by atoms with Crippen molar-refractivity contribution >= 4 is 29.4 Å². The molecule has 242 valence electrons. The van der Waals surface area contributed by atoms with E-state index >= 15 is 0 Å². The summed E-state index contributed by atoms with van der Waals surface area (Å²) in [6.45, 7) is 2.06. The summed E-state index contributed by atoms with van der Waals surface area (Å²) in [5, 5.41) is 25.7. The number of amides is 2. The molecule has 1 heterocycles. The number of benzene rings is 3. The first-order valence-corrected chi connectivity index (χ1v) is 17.4. The Kier molecular flexibility index (Phi) is 8.85. The van der Waals surface area contributed by atoms with Crippen molar-refractivity contribution in [1.29, 1.82) is 0 Å². The Hall–Kier alpha value is -3.37. The van der Waals surface area contributed by atoms with E-state index in [1.165, 1.54) is 31.0 Å². The maximum Gasteiger partial charge on any atom is 0.336 e. The summed E-state index contributed by atoms with van der Waals surface area (Å²) < 4.78 is 13.1. The maximum atomic E-state index is 13.1. The number of carbonyl (C=O) groups is 2. The van der Waals surface area contributed by atoms with E-state index in [4.69, 9.17) is 9.47 Å². The number of rotatable bonds is 9. The van der Waals surface area contributed by atoms with Crippen LogP contribution in [0.5, 0.6) is 0 Å². The molecule has 5 fully saturated rings. The van der Waals surface area contributed by atoms with Crippen molar-refractivity contribution in [1.82, 2.24) is 5.32 Å². The Labute approximate surface area is 274 Å². The topological polar surface area (TPSA) is 117 Å². The molecule has 4 bridgehead atoms. The van der Waals surface area contributed by atoms with E-state index in [0.29, 0.717) is 16.3 Å². The van der Waals surface area contributed by atoms with Crippen molar-refractivity contribution in [2.75, 3.05) is 11.1 Å². The van der Waals surface area contributed by atoms with Crippen molar-refractivity contribution < 1.29 is 29.3 Å². The molecule has 4 N–H and O–H groups in total. The van der Waals surface area contributed by atoms with E-state index in [9.17, 15) is 19.8 Å². The summed E-state index contributed by atoms with van der Waals surface area (Å²) in [4.78, 5) is 25.6. The van der Waals surface area contributed by atoms with Gasteiger partial charge in [0.2, 0.25) is 0 Å². The van der Waals surface area contributed by atoms with Gasteiger partial charge in [-0.05, 0) is 91.7 Å². The van der Waals surface area contributed by atoms with Crippen LogP contribution in [0.25, 0.3) is 0 Å². The monoisotopic (exact) mass is 642 g/mol. The third kappa shape index (κ3) is 6.56. The number of carboxylic acid groups (broad SMARTS) is 1. The van der Waals surface area contributed by atoms with Crippen LogP contribution in [-0.4, -0.2) is 39.6 Å². The fourth-order valence-corrected chi connectivity index (χ4v) is 9.85. The second-order valence-corrected chi connectivity index (χ2v) is 14.9. The quantitative estimate of drug-likeness (QED) is 0.178. The zero-order chi connectivity index (χ0) is 31.8. The minimum Gasteiger partial charge on any atom is -0.478 e. The minimum absolute atomic E-state index is 0.0315. The molecule has 46 heavy (non-hydrogen) atoms. The highest BCUT2D eigenvalue weighted by molar-refractivity contribution is 7.99. The molecule has 0 unspecified atom stereocenters. The molecule has 4 saturated carbocycles. The van der Waals surface area contributed by atoms with Gasteiger partial charge in [-0.1, -0.05) is 55.5 Å². The number of aromatic carboxylic acids is 1. The Morgan fingerprint density at radius 1 is 0.870 bits per heavy atom. The molecule has 3 aromatic carbocycles. The highest BCUT2D eigenvalue weighted by Gasteiger charge is 2.51. The summed E-state index contributed by atoms with van der Waals surface area (Å²) in [6.07, 6.45) is 6.12. The SMILES string of the molecule is C[C@@H]1[C@H](CSc2ccccc2C(=O)O)O[C@H](c2ccc(NC(=O)NC34CC5CC(CC(C5)C3)C4)cc2)O[C@@H]1c1ccc(CO)cc1. The summed E-state index contributed by atoms with van der Waals surface area (Å²) in [7, 11) is 0. The van der Waals surface area contributed by atoms with Gasteiger partial charge >= 0.3 is 12.0 Å². The first-order valence-electron chi connectivity index (χ1n) is 16.4. The van der Waals surface area contributed by atoms with Crippen LogP contribution in [0.2, 0.25) is 0 Å². The van der Waals surface area contributed by atoms with Crippen molar-refractivity contribution in [3.8, 4) is 0 Å². The van der Waals surface area contributed by atoms with Crippen molar-refractivity contribution in [3.05, 3.63) is 95.1 Å². The molecule has 5 aliphatic rings. The van der Waals surface area contributed by atoms with Gasteiger partial charge in [0.15, 0.2) is 6.29 Å². The second-order valence-electron chi connectivity index (χ2n) is 13.8. The molecular formula is C37H42N2O6S. The fourth-order valence-electron chi connectivity index (χ4n) is 8.64. The van der Waals surface area contributed by atoms with E-state index in [1.807, 2.05) is 60.7 Å². The number of anilines is 1. The largest absolute Gasteiger partial charge is 0.478 e. The first-order chi connectivity index (χ1) is 22.3. The lowest BCUT2D eigenvalue weighted by molar-refractivity contribution is -0.268. The predicted molar refractivity (Wildman–Crippen MR) is 177 cm³/mol. The van der Waals surface area contributed by atoms with Crippen LogP contribution in [-0.2, 0) is 16.1 Å². The number of carboxylic acids is 1. The zero-order valence-electron chi connectivity index (χ0n) is 26.1.